The van der Waals surface area contributed by atoms with E-state index in [0.29, 0.717) is 5.41 Å². The lowest BCUT2D eigenvalue weighted by molar-refractivity contribution is 0.786. The molecular formula is C10H10Br2. The van der Waals surface area contributed by atoms with E-state index in [1.54, 1.807) is 0 Å². The average Bonchev–Trinajstić information content (AvgIpc) is 2.67. The molecule has 0 atom stereocenters. The van der Waals surface area contributed by atoms with Crippen LogP contribution in [-0.2, 0) is 5.41 Å². The Morgan fingerprint density at radius 1 is 1.08 bits per heavy atom. The second-order valence-corrected chi connectivity index (χ2v) is 5.55. The lowest BCUT2D eigenvalue weighted by Crippen LogP contribution is -1.98. The van der Waals surface area contributed by atoms with E-state index in [1.165, 1.54) is 27.4 Å². The van der Waals surface area contributed by atoms with Crippen LogP contribution in [0, 0.1) is 0 Å². The number of hydrogen-bond donors (Lipinski definition) is 0. The first-order valence-electron chi connectivity index (χ1n) is 4.07. The topological polar surface area (TPSA) is 0 Å². The van der Waals surface area contributed by atoms with E-state index in [9.17, 15) is 0 Å². The molecule has 0 saturated heterocycles. The Bertz CT molecular complexity index is 293. The number of rotatable bonds is 1. The summed E-state index contributed by atoms with van der Waals surface area (Å²) < 4.78 is 2.33. The van der Waals surface area contributed by atoms with Crippen LogP contribution in [0.3, 0.4) is 0 Å². The smallest absolute Gasteiger partial charge is 0.0189 e. The van der Waals surface area contributed by atoms with E-state index in [2.05, 4.69) is 57.0 Å². The monoisotopic (exact) mass is 288 g/mol. The highest BCUT2D eigenvalue weighted by Gasteiger charge is 2.39. The Morgan fingerprint density at radius 3 is 2.00 bits per heavy atom. The van der Waals surface area contributed by atoms with Gasteiger partial charge in [0.15, 0.2) is 0 Å². The Hall–Kier alpha value is 0.180. The van der Waals surface area contributed by atoms with Gasteiger partial charge in [0.1, 0.15) is 0 Å². The van der Waals surface area contributed by atoms with Gasteiger partial charge >= 0.3 is 0 Å². The summed E-state index contributed by atoms with van der Waals surface area (Å²) in [5.74, 6) is 0. The fraction of sp³-hybridized carbons (Fsp3) is 0.400. The normalized spacial score (nSPS) is 19.2. The van der Waals surface area contributed by atoms with Crippen LogP contribution >= 0.6 is 31.9 Å². The molecule has 1 saturated carbocycles. The summed E-state index contributed by atoms with van der Waals surface area (Å²) >= 11 is 7.01. The molecule has 2 rings (SSSR count). The zero-order valence-electron chi connectivity index (χ0n) is 6.90. The van der Waals surface area contributed by atoms with Crippen LogP contribution in [0.1, 0.15) is 25.3 Å². The molecule has 1 aliphatic carbocycles. The van der Waals surface area contributed by atoms with Gasteiger partial charge in [-0.1, -0.05) is 38.8 Å². The fourth-order valence-corrected chi connectivity index (χ4v) is 2.67. The van der Waals surface area contributed by atoms with Gasteiger partial charge in [-0.05, 0) is 42.0 Å². The molecule has 0 spiro atoms. The molecule has 0 radical (unpaired) electrons. The van der Waals surface area contributed by atoms with Gasteiger partial charge in [0.25, 0.3) is 0 Å². The van der Waals surface area contributed by atoms with E-state index < -0.39 is 0 Å². The lowest BCUT2D eigenvalue weighted by atomic mass is 9.99. The molecule has 1 aromatic carbocycles. The first-order valence-corrected chi connectivity index (χ1v) is 5.65. The zero-order valence-corrected chi connectivity index (χ0v) is 10.1. The molecule has 1 fully saturated rings. The van der Waals surface area contributed by atoms with Crippen molar-refractivity contribution in [3.8, 4) is 0 Å². The van der Waals surface area contributed by atoms with E-state index in [4.69, 9.17) is 0 Å². The maximum atomic E-state index is 3.50. The summed E-state index contributed by atoms with van der Waals surface area (Å²) in [6.07, 6.45) is 2.66. The van der Waals surface area contributed by atoms with Gasteiger partial charge in [-0.3, -0.25) is 0 Å². The van der Waals surface area contributed by atoms with Crippen molar-refractivity contribution in [2.45, 2.75) is 25.2 Å². The standard InChI is InChI=1S/C10H10Br2/c1-10(2-3-10)7-4-8(11)6-9(12)5-7/h4-6H,2-3H2,1H3. The van der Waals surface area contributed by atoms with Crippen LogP contribution in [0.4, 0.5) is 0 Å². The molecule has 0 heterocycles. The van der Waals surface area contributed by atoms with Crippen LogP contribution in [0.15, 0.2) is 27.1 Å². The Kier molecular flexibility index (Phi) is 2.08. The molecule has 0 aliphatic heterocycles. The van der Waals surface area contributed by atoms with Gasteiger partial charge in [0.05, 0.1) is 0 Å². The van der Waals surface area contributed by atoms with Gasteiger partial charge in [0.2, 0.25) is 0 Å². The molecule has 0 bridgehead atoms. The summed E-state index contributed by atoms with van der Waals surface area (Å²) in [6, 6.07) is 6.52. The van der Waals surface area contributed by atoms with Crippen LogP contribution in [0.5, 0.6) is 0 Å². The van der Waals surface area contributed by atoms with Crippen molar-refractivity contribution in [1.29, 1.82) is 0 Å². The Labute approximate surface area is 89.6 Å². The molecule has 64 valence electrons. The third-order valence-corrected chi connectivity index (χ3v) is 3.48. The van der Waals surface area contributed by atoms with E-state index >= 15 is 0 Å². The van der Waals surface area contributed by atoms with Crippen LogP contribution in [0.2, 0.25) is 0 Å². The molecular weight excluding hydrogens is 280 g/mol. The number of hydrogen-bond acceptors (Lipinski definition) is 0. The number of halogens is 2. The van der Waals surface area contributed by atoms with E-state index in [-0.39, 0.29) is 0 Å². The van der Waals surface area contributed by atoms with Gasteiger partial charge in [-0.25, -0.2) is 0 Å². The molecule has 0 N–H and O–H groups in total. The highest BCUT2D eigenvalue weighted by atomic mass is 79.9. The van der Waals surface area contributed by atoms with Gasteiger partial charge in [-0.2, -0.15) is 0 Å². The van der Waals surface area contributed by atoms with E-state index in [0.717, 1.165) is 0 Å². The van der Waals surface area contributed by atoms with Gasteiger partial charge < -0.3 is 0 Å². The first kappa shape index (κ1) is 8.76. The third kappa shape index (κ3) is 1.60. The molecule has 0 unspecified atom stereocenters. The molecule has 2 heteroatoms. The Morgan fingerprint density at radius 2 is 1.58 bits per heavy atom. The summed E-state index contributed by atoms with van der Waals surface area (Å²) in [5, 5.41) is 0. The van der Waals surface area contributed by atoms with Crippen LogP contribution in [-0.4, -0.2) is 0 Å². The minimum Gasteiger partial charge on any atom is -0.0555 e. The summed E-state index contributed by atoms with van der Waals surface area (Å²) in [4.78, 5) is 0. The zero-order chi connectivity index (χ0) is 8.77. The van der Waals surface area contributed by atoms with Crippen molar-refractivity contribution in [3.63, 3.8) is 0 Å². The van der Waals surface area contributed by atoms with Crippen LogP contribution < -0.4 is 0 Å². The van der Waals surface area contributed by atoms with Crippen molar-refractivity contribution in [2.75, 3.05) is 0 Å². The fourth-order valence-electron chi connectivity index (χ4n) is 1.38. The number of benzene rings is 1. The first-order chi connectivity index (χ1) is 5.60. The molecule has 1 aromatic rings. The maximum Gasteiger partial charge on any atom is 0.0189 e. The van der Waals surface area contributed by atoms with Gasteiger partial charge in [-0.15, -0.1) is 0 Å². The summed E-state index contributed by atoms with van der Waals surface area (Å²) in [7, 11) is 0. The second kappa shape index (κ2) is 2.85. The highest BCUT2D eigenvalue weighted by molar-refractivity contribution is 9.11. The molecule has 0 nitrogen and oxygen atoms in total. The van der Waals surface area contributed by atoms with Crippen molar-refractivity contribution < 1.29 is 0 Å². The predicted molar refractivity (Wildman–Crippen MR) is 58.4 cm³/mol. The lowest BCUT2D eigenvalue weighted by Gasteiger charge is -2.09. The Balaban J connectivity index is 2.44. The minimum absolute atomic E-state index is 0.465. The molecule has 12 heavy (non-hydrogen) atoms. The van der Waals surface area contributed by atoms with E-state index in [1.807, 2.05) is 0 Å². The molecule has 0 aromatic heterocycles. The molecule has 1 aliphatic rings. The minimum atomic E-state index is 0.465. The second-order valence-electron chi connectivity index (χ2n) is 3.72. The van der Waals surface area contributed by atoms with Gasteiger partial charge in [0, 0.05) is 8.95 Å². The summed E-state index contributed by atoms with van der Waals surface area (Å²) in [5.41, 5.74) is 1.91. The van der Waals surface area contributed by atoms with Crippen molar-refractivity contribution >= 4 is 31.9 Å². The summed E-state index contributed by atoms with van der Waals surface area (Å²) in [6.45, 7) is 2.32. The highest BCUT2D eigenvalue weighted by Crippen LogP contribution is 2.48. The van der Waals surface area contributed by atoms with Crippen molar-refractivity contribution in [3.05, 3.63) is 32.7 Å². The van der Waals surface area contributed by atoms with Crippen LogP contribution in [0.25, 0.3) is 0 Å². The average molecular weight is 290 g/mol. The maximum absolute atomic E-state index is 3.50. The molecule has 0 amide bonds. The SMILES string of the molecule is CC1(c2cc(Br)cc(Br)c2)CC1. The van der Waals surface area contributed by atoms with Crippen molar-refractivity contribution in [2.24, 2.45) is 0 Å². The predicted octanol–water partition coefficient (Wildman–Crippen LogP) is 4.26. The quantitative estimate of drug-likeness (QED) is 0.724. The van der Waals surface area contributed by atoms with Crippen molar-refractivity contribution in [1.82, 2.24) is 0 Å². The third-order valence-electron chi connectivity index (χ3n) is 2.56. The largest absolute Gasteiger partial charge is 0.0555 e.